The summed E-state index contributed by atoms with van der Waals surface area (Å²) in [6.07, 6.45) is 83.7. The molecule has 0 radical (unpaired) electrons. The zero-order valence-electron chi connectivity index (χ0n) is 45.7. The quantitative estimate of drug-likeness (QED) is 0.0345. The summed E-state index contributed by atoms with van der Waals surface area (Å²) in [5.74, 6) is -0.456. The Bertz CT molecular complexity index is 1420. The Morgan fingerprint density at radius 2 is 0.643 bits per heavy atom. The van der Waals surface area contributed by atoms with Crippen molar-refractivity contribution < 1.29 is 23.8 Å². The zero-order valence-corrected chi connectivity index (χ0v) is 45.7. The van der Waals surface area contributed by atoms with Gasteiger partial charge in [-0.05, 0) is 128 Å². The highest BCUT2D eigenvalue weighted by atomic mass is 16.6. The molecule has 0 aliphatic carbocycles. The van der Waals surface area contributed by atoms with Crippen LogP contribution in [0.4, 0.5) is 0 Å². The summed E-state index contributed by atoms with van der Waals surface area (Å²) in [6, 6.07) is 0. The second kappa shape index (κ2) is 59.6. The molecule has 70 heavy (non-hydrogen) atoms. The Labute approximate surface area is 433 Å². The lowest BCUT2D eigenvalue weighted by Gasteiger charge is -2.18. The predicted molar refractivity (Wildman–Crippen MR) is 306 cm³/mol. The molecule has 0 saturated heterocycles. The molecule has 0 aliphatic heterocycles. The molecule has 0 aromatic carbocycles. The van der Waals surface area contributed by atoms with E-state index in [4.69, 9.17) is 14.2 Å². The smallest absolute Gasteiger partial charge is 0.306 e. The van der Waals surface area contributed by atoms with E-state index in [0.29, 0.717) is 19.4 Å². The van der Waals surface area contributed by atoms with Gasteiger partial charge in [0.25, 0.3) is 0 Å². The molecule has 5 nitrogen and oxygen atoms in total. The third-order valence-electron chi connectivity index (χ3n) is 12.0. The molecular weight excluding hydrogens is 861 g/mol. The van der Waals surface area contributed by atoms with Crippen LogP contribution in [0.5, 0.6) is 0 Å². The van der Waals surface area contributed by atoms with Gasteiger partial charge in [0.2, 0.25) is 0 Å². The van der Waals surface area contributed by atoms with E-state index in [9.17, 15) is 9.59 Å². The van der Waals surface area contributed by atoms with Crippen molar-refractivity contribution >= 4 is 11.9 Å². The molecule has 1 unspecified atom stereocenters. The lowest BCUT2D eigenvalue weighted by atomic mass is 10.1. The highest BCUT2D eigenvalue weighted by Crippen LogP contribution is 2.13. The van der Waals surface area contributed by atoms with Gasteiger partial charge in [-0.2, -0.15) is 0 Å². The second-order valence-corrected chi connectivity index (χ2v) is 18.8. The van der Waals surface area contributed by atoms with E-state index in [-0.39, 0.29) is 25.2 Å². The van der Waals surface area contributed by atoms with Gasteiger partial charge in [0.15, 0.2) is 6.10 Å². The first kappa shape index (κ1) is 66.3. The van der Waals surface area contributed by atoms with Crippen LogP contribution in [-0.4, -0.2) is 37.9 Å². The normalized spacial score (nSPS) is 13.1. The Hall–Kier alpha value is -3.70. The fourth-order valence-electron chi connectivity index (χ4n) is 7.65. The average Bonchev–Trinajstić information content (AvgIpc) is 3.36. The molecule has 0 N–H and O–H groups in total. The van der Waals surface area contributed by atoms with Crippen molar-refractivity contribution in [2.75, 3.05) is 19.8 Å². The molecule has 0 heterocycles. The summed E-state index contributed by atoms with van der Waals surface area (Å²) in [6.45, 7) is 7.52. The fourth-order valence-corrected chi connectivity index (χ4v) is 7.65. The Kier molecular flexibility index (Phi) is 56.5. The summed E-state index contributed by atoms with van der Waals surface area (Å²) in [5.41, 5.74) is 0. The standard InChI is InChI=1S/C65H108O5/c1-4-7-10-13-16-19-22-25-28-30-32-34-36-39-42-45-48-51-54-57-60-68-61-63(70-65(67)59-56-53-50-47-44-41-37-27-24-21-18-15-12-9-6-3)62-69-64(66)58-55-52-49-46-43-40-38-35-33-31-29-26-23-20-17-14-11-8-5-2/h7,10,16-17,19-20,25-29,32-35,37,39,42,48,51,63H,4-6,8-9,11-15,18,21-24,30-31,36,38,40-41,43-47,49-50,52-62H2,1-3H3/b10-7-,19-16-,20-17-,28-25-,29-26-,34-32-,35-33-,37-27-,42-39-,51-48-. The van der Waals surface area contributed by atoms with E-state index in [1.54, 1.807) is 0 Å². The van der Waals surface area contributed by atoms with Crippen molar-refractivity contribution in [3.8, 4) is 0 Å². The monoisotopic (exact) mass is 969 g/mol. The minimum Gasteiger partial charge on any atom is -0.462 e. The Balaban J connectivity index is 4.43. The molecule has 5 heteroatoms. The maximum atomic E-state index is 12.9. The fraction of sp³-hybridized carbons (Fsp3) is 0.662. The minimum atomic E-state index is -0.585. The van der Waals surface area contributed by atoms with Gasteiger partial charge in [0.1, 0.15) is 6.61 Å². The number of hydrogen-bond donors (Lipinski definition) is 0. The number of carbonyl (C=O) groups is 2. The van der Waals surface area contributed by atoms with Gasteiger partial charge in [-0.25, -0.2) is 0 Å². The van der Waals surface area contributed by atoms with Gasteiger partial charge in [-0.15, -0.1) is 0 Å². The zero-order chi connectivity index (χ0) is 50.6. The summed E-state index contributed by atoms with van der Waals surface area (Å²) in [7, 11) is 0. The van der Waals surface area contributed by atoms with Crippen LogP contribution in [0, 0.1) is 0 Å². The highest BCUT2D eigenvalue weighted by molar-refractivity contribution is 5.70. The van der Waals surface area contributed by atoms with E-state index in [0.717, 1.165) is 116 Å². The first-order valence-electron chi connectivity index (χ1n) is 29.1. The van der Waals surface area contributed by atoms with Gasteiger partial charge in [0, 0.05) is 19.4 Å². The van der Waals surface area contributed by atoms with Crippen molar-refractivity contribution in [3.05, 3.63) is 122 Å². The van der Waals surface area contributed by atoms with Crippen LogP contribution in [0.1, 0.15) is 252 Å². The largest absolute Gasteiger partial charge is 0.462 e. The van der Waals surface area contributed by atoms with E-state index >= 15 is 0 Å². The molecule has 0 saturated carbocycles. The van der Waals surface area contributed by atoms with Gasteiger partial charge >= 0.3 is 11.9 Å². The summed E-state index contributed by atoms with van der Waals surface area (Å²) in [5, 5.41) is 0. The molecule has 0 amide bonds. The molecule has 0 aromatic heterocycles. The van der Waals surface area contributed by atoms with Gasteiger partial charge in [0.05, 0.1) is 6.61 Å². The lowest BCUT2D eigenvalue weighted by molar-refractivity contribution is -0.163. The first-order chi connectivity index (χ1) is 34.6. The number of esters is 2. The molecule has 1 atom stereocenters. The number of carbonyl (C=O) groups excluding carboxylic acids is 2. The molecule has 398 valence electrons. The number of rotatable bonds is 52. The Morgan fingerprint density at radius 3 is 1.07 bits per heavy atom. The first-order valence-corrected chi connectivity index (χ1v) is 29.1. The summed E-state index contributed by atoms with van der Waals surface area (Å²) in [4.78, 5) is 25.5. The highest BCUT2D eigenvalue weighted by Gasteiger charge is 2.17. The summed E-state index contributed by atoms with van der Waals surface area (Å²) < 4.78 is 17.4. The minimum absolute atomic E-state index is 0.0452. The van der Waals surface area contributed by atoms with Crippen LogP contribution >= 0.6 is 0 Å². The lowest BCUT2D eigenvalue weighted by Crippen LogP contribution is -2.30. The summed E-state index contributed by atoms with van der Waals surface area (Å²) >= 11 is 0. The van der Waals surface area contributed by atoms with Crippen LogP contribution in [-0.2, 0) is 23.8 Å². The van der Waals surface area contributed by atoms with E-state index in [1.165, 1.54) is 103 Å². The number of ether oxygens (including phenoxy) is 3. The molecular formula is C65H108O5. The van der Waals surface area contributed by atoms with E-state index in [1.807, 2.05) is 0 Å². The van der Waals surface area contributed by atoms with Gasteiger partial charge in [-0.1, -0.05) is 232 Å². The van der Waals surface area contributed by atoms with Crippen LogP contribution in [0.2, 0.25) is 0 Å². The maximum Gasteiger partial charge on any atom is 0.306 e. The Morgan fingerprint density at radius 1 is 0.329 bits per heavy atom. The molecule has 0 rings (SSSR count). The molecule has 0 aromatic rings. The SMILES string of the molecule is CC/C=C\C/C=C\C/C=C\C/C=C\C/C=C\C/C=C\CCCOCC(COC(=O)CCCCCCCC/C=C\C/C=C\C/C=C\CCCCC)OC(=O)CCCCCCC/C=C\CCCCCCCC. The van der Waals surface area contributed by atoms with Gasteiger partial charge in [-0.3, -0.25) is 9.59 Å². The number of allylic oxidation sites excluding steroid dienone is 20. The third-order valence-corrected chi connectivity index (χ3v) is 12.0. The maximum absolute atomic E-state index is 12.9. The molecule has 0 bridgehead atoms. The number of unbranched alkanes of at least 4 members (excludes halogenated alkanes) is 21. The van der Waals surface area contributed by atoms with Crippen LogP contribution in [0.3, 0.4) is 0 Å². The second-order valence-electron chi connectivity index (χ2n) is 18.8. The molecule has 0 fully saturated rings. The van der Waals surface area contributed by atoms with Crippen molar-refractivity contribution in [2.24, 2.45) is 0 Å². The van der Waals surface area contributed by atoms with Crippen LogP contribution in [0.25, 0.3) is 0 Å². The van der Waals surface area contributed by atoms with Crippen LogP contribution in [0.15, 0.2) is 122 Å². The average molecular weight is 970 g/mol. The van der Waals surface area contributed by atoms with Gasteiger partial charge < -0.3 is 14.2 Å². The van der Waals surface area contributed by atoms with Crippen molar-refractivity contribution in [1.29, 1.82) is 0 Å². The molecule has 0 aliphatic rings. The van der Waals surface area contributed by atoms with Crippen molar-refractivity contribution in [2.45, 2.75) is 258 Å². The van der Waals surface area contributed by atoms with E-state index in [2.05, 4.69) is 142 Å². The topological polar surface area (TPSA) is 61.8 Å². The predicted octanol–water partition coefficient (Wildman–Crippen LogP) is 20.1. The van der Waals surface area contributed by atoms with Crippen LogP contribution < -0.4 is 0 Å². The van der Waals surface area contributed by atoms with Crippen molar-refractivity contribution in [3.63, 3.8) is 0 Å². The number of hydrogen-bond acceptors (Lipinski definition) is 5. The molecule has 0 spiro atoms. The van der Waals surface area contributed by atoms with Crippen molar-refractivity contribution in [1.82, 2.24) is 0 Å². The third kappa shape index (κ3) is 56.9. The van der Waals surface area contributed by atoms with E-state index < -0.39 is 6.10 Å².